The van der Waals surface area contributed by atoms with Crippen LogP contribution in [0.15, 0.2) is 0 Å². The highest BCUT2D eigenvalue weighted by atomic mass is 16.5. The zero-order valence-corrected chi connectivity index (χ0v) is 39.5. The van der Waals surface area contributed by atoms with Gasteiger partial charge in [-0.2, -0.15) is 0 Å². The first-order chi connectivity index (χ1) is 27.8. The summed E-state index contributed by atoms with van der Waals surface area (Å²) >= 11 is 0. The van der Waals surface area contributed by atoms with Crippen LogP contribution in [0, 0.1) is 11.8 Å². The van der Waals surface area contributed by atoms with Crippen LogP contribution in [-0.2, 0) is 19.1 Å². The molecule has 0 amide bonds. The molecule has 0 aromatic heterocycles. The molecule has 0 aromatic carbocycles. The van der Waals surface area contributed by atoms with Crippen molar-refractivity contribution in [2.45, 2.75) is 272 Å². The largest absolute Gasteiger partial charge is 0.465 e. The minimum absolute atomic E-state index is 0.0327. The van der Waals surface area contributed by atoms with Crippen LogP contribution in [0.3, 0.4) is 0 Å². The second-order valence-corrected chi connectivity index (χ2v) is 18.0. The standard InChI is InChI=1S/C51H101NO5/c1-7-13-17-19-27-37-47(35-25-15-9-3)49(53)56-45-33-23-21-29-39-51(55,41-31-32-44-52(42-11-5)43-12-6)40-30-22-24-34-46-57-50(54)48(36-26-16-10-4)38-28-20-18-14-8-2/h47-48,55H,7-46H2,1-6H3. The van der Waals surface area contributed by atoms with E-state index in [9.17, 15) is 14.7 Å². The molecule has 0 bridgehead atoms. The second kappa shape index (κ2) is 41.6. The number of hydrogen-bond acceptors (Lipinski definition) is 6. The third-order valence-electron chi connectivity index (χ3n) is 12.3. The van der Waals surface area contributed by atoms with Crippen molar-refractivity contribution in [1.82, 2.24) is 4.90 Å². The monoisotopic (exact) mass is 808 g/mol. The van der Waals surface area contributed by atoms with Gasteiger partial charge in [0.05, 0.1) is 30.7 Å². The fourth-order valence-electron chi connectivity index (χ4n) is 8.56. The second-order valence-electron chi connectivity index (χ2n) is 18.0. The molecule has 340 valence electrons. The van der Waals surface area contributed by atoms with Crippen molar-refractivity contribution in [2.75, 3.05) is 32.8 Å². The molecule has 0 heterocycles. The molecule has 0 saturated carbocycles. The Balaban J connectivity index is 4.80. The lowest BCUT2D eigenvalue weighted by Crippen LogP contribution is -2.30. The van der Waals surface area contributed by atoms with E-state index in [0.29, 0.717) is 13.2 Å². The molecule has 0 fully saturated rings. The smallest absolute Gasteiger partial charge is 0.308 e. The van der Waals surface area contributed by atoms with E-state index in [4.69, 9.17) is 9.47 Å². The van der Waals surface area contributed by atoms with E-state index in [2.05, 4.69) is 46.4 Å². The average Bonchev–Trinajstić information content (AvgIpc) is 3.20. The number of nitrogens with zero attached hydrogens (tertiary/aromatic N) is 1. The summed E-state index contributed by atoms with van der Waals surface area (Å²) in [6, 6.07) is 0. The minimum atomic E-state index is -0.606. The quantitative estimate of drug-likeness (QED) is 0.0488. The molecule has 0 aromatic rings. The van der Waals surface area contributed by atoms with Gasteiger partial charge in [-0.1, -0.05) is 183 Å². The highest BCUT2D eigenvalue weighted by Gasteiger charge is 2.26. The van der Waals surface area contributed by atoms with Crippen LogP contribution in [-0.4, -0.2) is 60.4 Å². The SMILES string of the molecule is CCCCCCCC(CCCCC)C(=O)OCCCCCCC(O)(CCCCCCOC(=O)C(CCCCC)CCCCCCC)CCCCN(CCC)CCC. The Labute approximate surface area is 356 Å². The maximum atomic E-state index is 13.0. The third-order valence-corrected chi connectivity index (χ3v) is 12.3. The van der Waals surface area contributed by atoms with Crippen molar-refractivity contribution in [2.24, 2.45) is 11.8 Å². The molecule has 0 aliphatic rings. The summed E-state index contributed by atoms with van der Waals surface area (Å²) < 4.78 is 11.6. The zero-order chi connectivity index (χ0) is 42.1. The van der Waals surface area contributed by atoms with Gasteiger partial charge in [-0.15, -0.1) is 0 Å². The fourth-order valence-corrected chi connectivity index (χ4v) is 8.56. The number of unbranched alkanes of at least 4 members (excludes halogenated alkanes) is 19. The summed E-state index contributed by atoms with van der Waals surface area (Å²) in [7, 11) is 0. The van der Waals surface area contributed by atoms with Crippen LogP contribution in [0.25, 0.3) is 0 Å². The molecular weight excluding hydrogens is 707 g/mol. The Bertz CT molecular complexity index is 805. The molecule has 0 aliphatic heterocycles. The first kappa shape index (κ1) is 55.9. The summed E-state index contributed by atoms with van der Waals surface area (Å²) in [5.41, 5.74) is -0.606. The number of hydrogen-bond donors (Lipinski definition) is 1. The molecule has 0 aliphatic carbocycles. The van der Waals surface area contributed by atoms with Gasteiger partial charge in [-0.05, 0) is 103 Å². The van der Waals surface area contributed by atoms with E-state index in [1.165, 1.54) is 103 Å². The molecule has 6 nitrogen and oxygen atoms in total. The van der Waals surface area contributed by atoms with Gasteiger partial charge < -0.3 is 19.5 Å². The van der Waals surface area contributed by atoms with Gasteiger partial charge in [0.1, 0.15) is 0 Å². The Morgan fingerprint density at radius 2 is 0.719 bits per heavy atom. The predicted octanol–water partition coefficient (Wildman–Crippen LogP) is 15.1. The van der Waals surface area contributed by atoms with Crippen molar-refractivity contribution < 1.29 is 24.2 Å². The first-order valence-electron chi connectivity index (χ1n) is 25.6. The third kappa shape index (κ3) is 34.3. The van der Waals surface area contributed by atoms with Crippen LogP contribution in [0.4, 0.5) is 0 Å². The molecule has 0 spiro atoms. The van der Waals surface area contributed by atoms with Gasteiger partial charge in [0.2, 0.25) is 0 Å². The summed E-state index contributed by atoms with van der Waals surface area (Å²) in [6.45, 7) is 18.0. The molecule has 57 heavy (non-hydrogen) atoms. The number of aliphatic hydroxyl groups is 1. The number of rotatable bonds is 45. The zero-order valence-electron chi connectivity index (χ0n) is 39.5. The highest BCUT2D eigenvalue weighted by molar-refractivity contribution is 5.72. The van der Waals surface area contributed by atoms with Crippen LogP contribution in [0.2, 0.25) is 0 Å². The van der Waals surface area contributed by atoms with E-state index in [1.54, 1.807) is 0 Å². The summed E-state index contributed by atoms with van der Waals surface area (Å²) in [5, 5.41) is 11.9. The topological polar surface area (TPSA) is 76.1 Å². The Morgan fingerprint density at radius 3 is 1.11 bits per heavy atom. The number of ether oxygens (including phenoxy) is 2. The van der Waals surface area contributed by atoms with Crippen LogP contribution < -0.4 is 0 Å². The van der Waals surface area contributed by atoms with Crippen molar-refractivity contribution in [3.05, 3.63) is 0 Å². The molecule has 2 atom stereocenters. The van der Waals surface area contributed by atoms with E-state index in [0.717, 1.165) is 141 Å². The van der Waals surface area contributed by atoms with Gasteiger partial charge >= 0.3 is 11.9 Å². The molecule has 2 unspecified atom stereocenters. The fraction of sp³-hybridized carbons (Fsp3) is 0.961. The van der Waals surface area contributed by atoms with Gasteiger partial charge in [0.15, 0.2) is 0 Å². The summed E-state index contributed by atoms with van der Waals surface area (Å²) in [4.78, 5) is 28.5. The van der Waals surface area contributed by atoms with Crippen molar-refractivity contribution >= 4 is 11.9 Å². The van der Waals surface area contributed by atoms with E-state index >= 15 is 0 Å². The van der Waals surface area contributed by atoms with Crippen molar-refractivity contribution in [3.8, 4) is 0 Å². The summed E-state index contributed by atoms with van der Waals surface area (Å²) in [6.07, 6.45) is 38.5. The van der Waals surface area contributed by atoms with E-state index in [-0.39, 0.29) is 23.8 Å². The van der Waals surface area contributed by atoms with Gasteiger partial charge in [-0.3, -0.25) is 9.59 Å². The molecule has 1 N–H and O–H groups in total. The Kier molecular flexibility index (Phi) is 40.8. The first-order valence-corrected chi connectivity index (χ1v) is 25.6. The van der Waals surface area contributed by atoms with Crippen LogP contribution in [0.5, 0.6) is 0 Å². The Morgan fingerprint density at radius 1 is 0.404 bits per heavy atom. The molecule has 0 saturated heterocycles. The number of esters is 2. The average molecular weight is 808 g/mol. The lowest BCUT2D eigenvalue weighted by atomic mass is 9.85. The summed E-state index contributed by atoms with van der Waals surface area (Å²) in [5.74, 6) is 0.208. The van der Waals surface area contributed by atoms with Crippen LogP contribution >= 0.6 is 0 Å². The number of carbonyl (C=O) groups is 2. The van der Waals surface area contributed by atoms with E-state index < -0.39 is 5.60 Å². The maximum Gasteiger partial charge on any atom is 0.308 e. The molecule has 0 rings (SSSR count). The normalized spacial score (nSPS) is 13.8. The predicted molar refractivity (Wildman–Crippen MR) is 246 cm³/mol. The van der Waals surface area contributed by atoms with Crippen LogP contribution in [0.1, 0.15) is 266 Å². The highest BCUT2D eigenvalue weighted by Crippen LogP contribution is 2.29. The Hall–Kier alpha value is -1.14. The lowest BCUT2D eigenvalue weighted by Gasteiger charge is -2.29. The minimum Gasteiger partial charge on any atom is -0.465 e. The lowest BCUT2D eigenvalue weighted by molar-refractivity contribution is -0.150. The molecule has 0 radical (unpaired) electrons. The maximum absolute atomic E-state index is 13.0. The van der Waals surface area contributed by atoms with E-state index in [1.807, 2.05) is 0 Å². The van der Waals surface area contributed by atoms with Gasteiger partial charge in [-0.25, -0.2) is 0 Å². The van der Waals surface area contributed by atoms with Gasteiger partial charge in [0.25, 0.3) is 0 Å². The number of carbonyl (C=O) groups excluding carboxylic acids is 2. The molecule has 6 heteroatoms. The van der Waals surface area contributed by atoms with Crippen molar-refractivity contribution in [1.29, 1.82) is 0 Å². The molecular formula is C51H101NO5. The van der Waals surface area contributed by atoms with Gasteiger partial charge in [0, 0.05) is 0 Å². The van der Waals surface area contributed by atoms with Crippen molar-refractivity contribution in [3.63, 3.8) is 0 Å².